The van der Waals surface area contributed by atoms with Crippen LogP contribution in [0, 0.1) is 0 Å². The maximum atomic E-state index is 12.6. The van der Waals surface area contributed by atoms with Gasteiger partial charge in [0.05, 0.1) is 6.20 Å². The van der Waals surface area contributed by atoms with E-state index < -0.39 is 11.6 Å². The van der Waals surface area contributed by atoms with E-state index in [-0.39, 0.29) is 18.9 Å². The summed E-state index contributed by atoms with van der Waals surface area (Å²) in [5.74, 6) is 0.423. The van der Waals surface area contributed by atoms with Crippen molar-refractivity contribution in [3.8, 4) is 0 Å². The maximum absolute atomic E-state index is 12.6. The van der Waals surface area contributed by atoms with Gasteiger partial charge in [0.2, 0.25) is 5.91 Å². The second-order valence-electron chi connectivity index (χ2n) is 8.39. The largest absolute Gasteiger partial charge is 0.465 e. The number of carbonyl (C=O) groups excluding carboxylic acids is 1. The molecule has 0 bridgehead atoms. The van der Waals surface area contributed by atoms with Crippen molar-refractivity contribution in [2.75, 3.05) is 17.2 Å². The number of carbonyl (C=O) groups is 2. The van der Waals surface area contributed by atoms with Crippen LogP contribution in [0.15, 0.2) is 97.2 Å². The lowest BCUT2D eigenvalue weighted by Gasteiger charge is -2.38. The van der Waals surface area contributed by atoms with Gasteiger partial charge in [-0.05, 0) is 23.1 Å². The second-order valence-corrected chi connectivity index (χ2v) is 8.39. The van der Waals surface area contributed by atoms with Gasteiger partial charge in [0.1, 0.15) is 17.0 Å². The Hall–Kier alpha value is -4.59. The summed E-state index contributed by atoms with van der Waals surface area (Å²) in [7, 11) is 1.82. The molecule has 1 heterocycles. The van der Waals surface area contributed by atoms with Crippen LogP contribution in [0.25, 0.3) is 0 Å². The Bertz CT molecular complexity index is 1190. The summed E-state index contributed by atoms with van der Waals surface area (Å²) >= 11 is 0. The molecule has 2 amide bonds. The number of nitrogens with one attached hydrogen (secondary N) is 3. The average molecular weight is 484 g/mol. The molecule has 0 radical (unpaired) electrons. The Morgan fingerprint density at radius 3 is 1.83 bits per heavy atom. The molecule has 8 nitrogen and oxygen atoms in total. The number of anilines is 2. The normalized spacial score (nSPS) is 11.0. The van der Waals surface area contributed by atoms with Gasteiger partial charge in [-0.2, -0.15) is 5.10 Å². The molecule has 4 aromatic rings. The highest BCUT2D eigenvalue weighted by Crippen LogP contribution is 2.41. The molecule has 0 unspecified atom stereocenters. The van der Waals surface area contributed by atoms with E-state index in [4.69, 9.17) is 5.11 Å². The molecule has 0 spiro atoms. The Balaban J connectivity index is 1.74. The molecule has 0 aliphatic rings. The molecule has 3 aromatic carbocycles. The number of hydrogen-bond acceptors (Lipinski definition) is 4. The summed E-state index contributed by atoms with van der Waals surface area (Å²) < 4.78 is 1.70. The molecule has 0 fully saturated rings. The number of benzene rings is 3. The molecule has 0 aliphatic carbocycles. The number of amides is 2. The second kappa shape index (κ2) is 11.2. The van der Waals surface area contributed by atoms with Crippen molar-refractivity contribution >= 4 is 23.5 Å². The maximum Gasteiger partial charge on any atom is 0.404 e. The predicted molar refractivity (Wildman–Crippen MR) is 140 cm³/mol. The SMILES string of the molecule is Cn1ncc(NC(=O)CCCNC(=O)O)c1NC(c1ccccc1)(c1ccccc1)c1ccccc1. The number of carboxylic acid groups (broad SMARTS) is 1. The highest BCUT2D eigenvalue weighted by molar-refractivity contribution is 5.93. The van der Waals surface area contributed by atoms with Crippen molar-refractivity contribution in [1.29, 1.82) is 0 Å². The van der Waals surface area contributed by atoms with Gasteiger partial charge in [0, 0.05) is 20.0 Å². The van der Waals surface area contributed by atoms with E-state index >= 15 is 0 Å². The third-order valence-electron chi connectivity index (χ3n) is 6.00. The van der Waals surface area contributed by atoms with Crippen LogP contribution in [0.1, 0.15) is 29.5 Å². The standard InChI is InChI=1S/C28H29N5O3/c1-33-26(24(20-30-33)31-25(34)18-11-19-29-27(35)36)32-28(21-12-5-2-6-13-21,22-14-7-3-8-15-22)23-16-9-4-10-17-23/h2-10,12-17,20,29,32H,11,18-19H2,1H3,(H,31,34)(H,35,36). The van der Waals surface area contributed by atoms with E-state index in [0.29, 0.717) is 17.9 Å². The van der Waals surface area contributed by atoms with Crippen LogP contribution in [-0.2, 0) is 17.4 Å². The van der Waals surface area contributed by atoms with Gasteiger partial charge in [-0.3, -0.25) is 9.48 Å². The van der Waals surface area contributed by atoms with Crippen LogP contribution in [0.4, 0.5) is 16.3 Å². The molecule has 184 valence electrons. The number of aryl methyl sites for hydroxylation is 1. The smallest absolute Gasteiger partial charge is 0.404 e. The van der Waals surface area contributed by atoms with Crippen molar-refractivity contribution in [2.24, 2.45) is 7.05 Å². The highest BCUT2D eigenvalue weighted by atomic mass is 16.4. The first-order valence-electron chi connectivity index (χ1n) is 11.7. The van der Waals surface area contributed by atoms with Crippen molar-refractivity contribution in [3.05, 3.63) is 114 Å². The van der Waals surface area contributed by atoms with Crippen molar-refractivity contribution in [2.45, 2.75) is 18.4 Å². The molecule has 1 aromatic heterocycles. The lowest BCUT2D eigenvalue weighted by Crippen LogP contribution is -2.39. The fourth-order valence-electron chi connectivity index (χ4n) is 4.29. The van der Waals surface area contributed by atoms with Crippen LogP contribution in [0.2, 0.25) is 0 Å². The molecule has 0 saturated heterocycles. The zero-order valence-corrected chi connectivity index (χ0v) is 20.0. The molecule has 0 atom stereocenters. The van der Waals surface area contributed by atoms with E-state index in [1.807, 2.05) is 61.6 Å². The first-order valence-corrected chi connectivity index (χ1v) is 11.7. The first kappa shape index (κ1) is 24.5. The minimum absolute atomic E-state index is 0.176. The monoisotopic (exact) mass is 483 g/mol. The number of rotatable bonds is 10. The molecule has 4 N–H and O–H groups in total. The van der Waals surface area contributed by atoms with Crippen molar-refractivity contribution < 1.29 is 14.7 Å². The summed E-state index contributed by atoms with van der Waals surface area (Å²) in [5, 5.41) is 22.1. The lowest BCUT2D eigenvalue weighted by atomic mass is 9.77. The van der Waals surface area contributed by atoms with Crippen LogP contribution >= 0.6 is 0 Å². The molecular formula is C28H29N5O3. The van der Waals surface area contributed by atoms with Gasteiger partial charge < -0.3 is 21.1 Å². The molecule has 8 heteroatoms. The van der Waals surface area contributed by atoms with Crippen molar-refractivity contribution in [3.63, 3.8) is 0 Å². The van der Waals surface area contributed by atoms with Crippen LogP contribution in [-0.4, -0.2) is 33.4 Å². The zero-order valence-electron chi connectivity index (χ0n) is 20.0. The summed E-state index contributed by atoms with van der Waals surface area (Å²) in [5.41, 5.74) is 2.85. The Kier molecular flexibility index (Phi) is 7.65. The Morgan fingerprint density at radius 1 is 0.861 bits per heavy atom. The number of aromatic nitrogens is 2. The Morgan fingerprint density at radius 2 is 1.36 bits per heavy atom. The molecular weight excluding hydrogens is 454 g/mol. The fourth-order valence-corrected chi connectivity index (χ4v) is 4.29. The van der Waals surface area contributed by atoms with Crippen LogP contribution in [0.3, 0.4) is 0 Å². The van der Waals surface area contributed by atoms with Crippen LogP contribution in [0.5, 0.6) is 0 Å². The minimum Gasteiger partial charge on any atom is -0.465 e. The summed E-state index contributed by atoms with van der Waals surface area (Å²) in [6.07, 6.45) is 1.08. The average Bonchev–Trinajstić information content (AvgIpc) is 3.24. The van der Waals surface area contributed by atoms with E-state index in [1.165, 1.54) is 0 Å². The third kappa shape index (κ3) is 5.38. The summed E-state index contributed by atoms with van der Waals surface area (Å²) in [6, 6.07) is 30.5. The fraction of sp³-hybridized carbons (Fsp3) is 0.179. The summed E-state index contributed by atoms with van der Waals surface area (Å²) in [6.45, 7) is 0.208. The van der Waals surface area contributed by atoms with Gasteiger partial charge in [-0.15, -0.1) is 0 Å². The quantitative estimate of drug-likeness (QED) is 0.191. The Labute approximate surface area is 210 Å². The van der Waals surface area contributed by atoms with E-state index in [1.54, 1.807) is 10.9 Å². The van der Waals surface area contributed by atoms with Gasteiger partial charge in [-0.25, -0.2) is 4.79 Å². The minimum atomic E-state index is -1.10. The highest BCUT2D eigenvalue weighted by Gasteiger charge is 2.37. The molecule has 36 heavy (non-hydrogen) atoms. The van der Waals surface area contributed by atoms with Crippen molar-refractivity contribution in [1.82, 2.24) is 15.1 Å². The predicted octanol–water partition coefficient (Wildman–Crippen LogP) is 4.81. The van der Waals surface area contributed by atoms with Gasteiger partial charge in [-0.1, -0.05) is 91.0 Å². The topological polar surface area (TPSA) is 108 Å². The van der Waals surface area contributed by atoms with E-state index in [2.05, 4.69) is 57.4 Å². The third-order valence-corrected chi connectivity index (χ3v) is 6.00. The van der Waals surface area contributed by atoms with Gasteiger partial charge in [0.25, 0.3) is 0 Å². The number of nitrogens with zero attached hydrogens (tertiary/aromatic N) is 2. The van der Waals surface area contributed by atoms with Crippen LogP contribution < -0.4 is 16.0 Å². The number of hydrogen-bond donors (Lipinski definition) is 4. The summed E-state index contributed by atoms with van der Waals surface area (Å²) in [4.78, 5) is 23.3. The van der Waals surface area contributed by atoms with Gasteiger partial charge >= 0.3 is 6.09 Å². The van der Waals surface area contributed by atoms with E-state index in [9.17, 15) is 9.59 Å². The first-order chi connectivity index (χ1) is 17.5. The van der Waals surface area contributed by atoms with E-state index in [0.717, 1.165) is 16.7 Å². The zero-order chi connectivity index (χ0) is 25.4. The molecule has 4 rings (SSSR count). The van der Waals surface area contributed by atoms with Gasteiger partial charge in [0.15, 0.2) is 0 Å². The lowest BCUT2D eigenvalue weighted by molar-refractivity contribution is -0.116. The molecule has 0 aliphatic heterocycles. The molecule has 0 saturated carbocycles.